The van der Waals surface area contributed by atoms with E-state index in [-0.39, 0.29) is 0 Å². The number of para-hydroxylation sites is 1. The van der Waals surface area contributed by atoms with Crippen LogP contribution >= 0.6 is 0 Å². The van der Waals surface area contributed by atoms with E-state index in [1.54, 1.807) is 0 Å². The molecule has 0 saturated carbocycles. The Morgan fingerprint density at radius 3 is 2.58 bits per heavy atom. The number of ether oxygens (including phenoxy) is 1. The summed E-state index contributed by atoms with van der Waals surface area (Å²) in [6.07, 6.45) is 0. The fourth-order valence-corrected chi connectivity index (χ4v) is 1.91. The van der Waals surface area contributed by atoms with Gasteiger partial charge in [-0.2, -0.15) is 0 Å². The SMILES string of the molecule is CCOc1cccc(Nc2ccc(C)c(C)c2)c1N. The van der Waals surface area contributed by atoms with Crippen LogP contribution in [-0.4, -0.2) is 6.61 Å². The molecule has 0 fully saturated rings. The van der Waals surface area contributed by atoms with Crippen LogP contribution in [0, 0.1) is 13.8 Å². The Morgan fingerprint density at radius 2 is 1.89 bits per heavy atom. The van der Waals surface area contributed by atoms with Crippen molar-refractivity contribution in [3.63, 3.8) is 0 Å². The first-order valence-corrected chi connectivity index (χ1v) is 6.47. The Kier molecular flexibility index (Phi) is 3.95. The lowest BCUT2D eigenvalue weighted by Gasteiger charge is -2.14. The van der Waals surface area contributed by atoms with Gasteiger partial charge in [0.05, 0.1) is 18.0 Å². The molecule has 0 aromatic heterocycles. The van der Waals surface area contributed by atoms with Crippen LogP contribution in [0.2, 0.25) is 0 Å². The van der Waals surface area contributed by atoms with Crippen molar-refractivity contribution < 1.29 is 4.74 Å². The Morgan fingerprint density at radius 1 is 1.11 bits per heavy atom. The van der Waals surface area contributed by atoms with Crippen LogP contribution in [-0.2, 0) is 0 Å². The second-order valence-corrected chi connectivity index (χ2v) is 4.57. The maximum Gasteiger partial charge on any atom is 0.144 e. The van der Waals surface area contributed by atoms with Gasteiger partial charge in [0.15, 0.2) is 0 Å². The second kappa shape index (κ2) is 5.65. The predicted molar refractivity (Wildman–Crippen MR) is 81.2 cm³/mol. The molecule has 2 rings (SSSR count). The van der Waals surface area contributed by atoms with Crippen molar-refractivity contribution in [3.05, 3.63) is 47.5 Å². The molecule has 19 heavy (non-hydrogen) atoms. The monoisotopic (exact) mass is 256 g/mol. The van der Waals surface area contributed by atoms with E-state index in [0.29, 0.717) is 12.3 Å². The van der Waals surface area contributed by atoms with E-state index in [0.717, 1.165) is 17.1 Å². The van der Waals surface area contributed by atoms with Gasteiger partial charge in [0.1, 0.15) is 5.75 Å². The average Bonchev–Trinajstić information content (AvgIpc) is 2.39. The Hall–Kier alpha value is -2.16. The van der Waals surface area contributed by atoms with Crippen molar-refractivity contribution >= 4 is 17.1 Å². The summed E-state index contributed by atoms with van der Waals surface area (Å²) < 4.78 is 5.49. The van der Waals surface area contributed by atoms with Crippen LogP contribution in [0.5, 0.6) is 5.75 Å². The van der Waals surface area contributed by atoms with Crippen molar-refractivity contribution in [1.82, 2.24) is 0 Å². The van der Waals surface area contributed by atoms with E-state index in [1.165, 1.54) is 11.1 Å². The lowest BCUT2D eigenvalue weighted by Crippen LogP contribution is -2.01. The molecule has 3 nitrogen and oxygen atoms in total. The summed E-state index contributed by atoms with van der Waals surface area (Å²) in [7, 11) is 0. The molecule has 0 unspecified atom stereocenters. The summed E-state index contributed by atoms with van der Waals surface area (Å²) in [5.74, 6) is 0.719. The highest BCUT2D eigenvalue weighted by Crippen LogP contribution is 2.31. The molecule has 0 amide bonds. The summed E-state index contributed by atoms with van der Waals surface area (Å²) in [6.45, 7) is 6.75. The maximum absolute atomic E-state index is 6.10. The fourth-order valence-electron chi connectivity index (χ4n) is 1.91. The number of anilines is 3. The topological polar surface area (TPSA) is 47.3 Å². The van der Waals surface area contributed by atoms with E-state index < -0.39 is 0 Å². The zero-order valence-electron chi connectivity index (χ0n) is 11.7. The van der Waals surface area contributed by atoms with Crippen molar-refractivity contribution in [1.29, 1.82) is 0 Å². The van der Waals surface area contributed by atoms with Crippen molar-refractivity contribution in [2.75, 3.05) is 17.7 Å². The van der Waals surface area contributed by atoms with Crippen molar-refractivity contribution in [3.8, 4) is 5.75 Å². The highest BCUT2D eigenvalue weighted by Gasteiger charge is 2.06. The van der Waals surface area contributed by atoms with Gasteiger partial charge in [-0.3, -0.25) is 0 Å². The minimum atomic E-state index is 0.608. The van der Waals surface area contributed by atoms with Crippen LogP contribution < -0.4 is 15.8 Å². The quantitative estimate of drug-likeness (QED) is 0.812. The molecule has 0 bridgehead atoms. The van der Waals surface area contributed by atoms with Gasteiger partial charge in [-0.1, -0.05) is 12.1 Å². The maximum atomic E-state index is 6.10. The molecule has 0 saturated heterocycles. The summed E-state index contributed by atoms with van der Waals surface area (Å²) in [6, 6.07) is 12.0. The van der Waals surface area contributed by atoms with Crippen LogP contribution in [0.1, 0.15) is 18.1 Å². The van der Waals surface area contributed by atoms with Gasteiger partial charge in [-0.05, 0) is 56.2 Å². The third-order valence-corrected chi connectivity index (χ3v) is 3.15. The van der Waals surface area contributed by atoms with E-state index in [4.69, 9.17) is 10.5 Å². The number of benzene rings is 2. The first kappa shape index (κ1) is 13.3. The van der Waals surface area contributed by atoms with Crippen LogP contribution in [0.4, 0.5) is 17.1 Å². The Balaban J connectivity index is 2.27. The van der Waals surface area contributed by atoms with Gasteiger partial charge in [0.25, 0.3) is 0 Å². The zero-order chi connectivity index (χ0) is 13.8. The molecule has 0 atom stereocenters. The summed E-state index contributed by atoms with van der Waals surface area (Å²) in [5.41, 5.74) is 11.2. The number of nitrogens with two attached hydrogens (primary N) is 1. The molecule has 100 valence electrons. The van der Waals surface area contributed by atoms with Gasteiger partial charge in [-0.15, -0.1) is 0 Å². The van der Waals surface area contributed by atoms with E-state index in [2.05, 4.69) is 37.4 Å². The van der Waals surface area contributed by atoms with Crippen LogP contribution in [0.3, 0.4) is 0 Å². The molecule has 0 aliphatic heterocycles. The molecule has 3 heteroatoms. The molecular weight excluding hydrogens is 236 g/mol. The smallest absolute Gasteiger partial charge is 0.144 e. The number of rotatable bonds is 4. The van der Waals surface area contributed by atoms with Crippen molar-refractivity contribution in [2.45, 2.75) is 20.8 Å². The van der Waals surface area contributed by atoms with Gasteiger partial charge >= 0.3 is 0 Å². The summed E-state index contributed by atoms with van der Waals surface area (Å²) >= 11 is 0. The molecule has 0 aliphatic carbocycles. The minimum Gasteiger partial charge on any atom is -0.492 e. The fraction of sp³-hybridized carbons (Fsp3) is 0.250. The van der Waals surface area contributed by atoms with Gasteiger partial charge in [0.2, 0.25) is 0 Å². The summed E-state index contributed by atoms with van der Waals surface area (Å²) in [4.78, 5) is 0. The van der Waals surface area contributed by atoms with Gasteiger partial charge in [-0.25, -0.2) is 0 Å². The number of nitrogens with one attached hydrogen (secondary N) is 1. The average molecular weight is 256 g/mol. The van der Waals surface area contributed by atoms with Crippen LogP contribution in [0.15, 0.2) is 36.4 Å². The molecule has 0 aliphatic rings. The van der Waals surface area contributed by atoms with Gasteiger partial charge < -0.3 is 15.8 Å². The Labute approximate surface area is 114 Å². The lowest BCUT2D eigenvalue weighted by atomic mass is 10.1. The second-order valence-electron chi connectivity index (χ2n) is 4.57. The molecule has 3 N–H and O–H groups in total. The molecular formula is C16H20N2O. The summed E-state index contributed by atoms with van der Waals surface area (Å²) in [5, 5.41) is 3.33. The van der Waals surface area contributed by atoms with E-state index in [1.807, 2.05) is 25.1 Å². The number of aryl methyl sites for hydroxylation is 2. The van der Waals surface area contributed by atoms with E-state index in [9.17, 15) is 0 Å². The number of hydrogen-bond donors (Lipinski definition) is 2. The normalized spacial score (nSPS) is 10.3. The molecule has 0 spiro atoms. The Bertz CT molecular complexity index is 579. The predicted octanol–water partition coefficient (Wildman–Crippen LogP) is 4.03. The zero-order valence-corrected chi connectivity index (χ0v) is 11.7. The number of nitrogen functional groups attached to an aromatic ring is 1. The van der Waals surface area contributed by atoms with Crippen LogP contribution in [0.25, 0.3) is 0 Å². The highest BCUT2D eigenvalue weighted by atomic mass is 16.5. The first-order chi connectivity index (χ1) is 9.11. The van der Waals surface area contributed by atoms with E-state index >= 15 is 0 Å². The number of hydrogen-bond acceptors (Lipinski definition) is 3. The third kappa shape index (κ3) is 2.99. The lowest BCUT2D eigenvalue weighted by molar-refractivity contribution is 0.342. The third-order valence-electron chi connectivity index (χ3n) is 3.15. The molecule has 0 radical (unpaired) electrons. The molecule has 2 aromatic rings. The van der Waals surface area contributed by atoms with Gasteiger partial charge in [0, 0.05) is 5.69 Å². The molecule has 2 aromatic carbocycles. The molecule has 0 heterocycles. The first-order valence-electron chi connectivity index (χ1n) is 6.47. The van der Waals surface area contributed by atoms with Crippen molar-refractivity contribution in [2.24, 2.45) is 0 Å². The largest absolute Gasteiger partial charge is 0.492 e. The highest BCUT2D eigenvalue weighted by molar-refractivity contribution is 5.77. The standard InChI is InChI=1S/C16H20N2O/c1-4-19-15-7-5-6-14(16(15)17)18-13-9-8-11(2)12(3)10-13/h5-10,18H,4,17H2,1-3H3. The minimum absolute atomic E-state index is 0.608.